The van der Waals surface area contributed by atoms with E-state index in [9.17, 15) is 9.59 Å². The van der Waals surface area contributed by atoms with E-state index < -0.39 is 0 Å². The van der Waals surface area contributed by atoms with Crippen LogP contribution in [0, 0.1) is 0 Å². The van der Waals surface area contributed by atoms with Gasteiger partial charge in [-0.1, -0.05) is 0 Å². The molecule has 0 aliphatic carbocycles. The molecule has 4 heterocycles. The van der Waals surface area contributed by atoms with Crippen molar-refractivity contribution in [2.24, 2.45) is 7.05 Å². The fourth-order valence-corrected chi connectivity index (χ4v) is 3.10. The number of aryl methyl sites for hydroxylation is 1. The number of carbonyl (C=O) groups is 2. The van der Waals surface area contributed by atoms with Crippen molar-refractivity contribution in [1.82, 2.24) is 34.3 Å². The molecule has 0 bridgehead atoms. The lowest BCUT2D eigenvalue weighted by Gasteiger charge is -2.27. The highest BCUT2D eigenvalue weighted by atomic mass is 16.2. The molecule has 0 saturated carbocycles. The lowest BCUT2D eigenvalue weighted by molar-refractivity contribution is 0.0701. The normalized spacial score (nSPS) is 13.3. The first-order valence-corrected chi connectivity index (χ1v) is 8.61. The molecule has 2 amide bonds. The highest BCUT2D eigenvalue weighted by Crippen LogP contribution is 2.15. The van der Waals surface area contributed by atoms with Crippen molar-refractivity contribution >= 4 is 11.8 Å². The van der Waals surface area contributed by atoms with Gasteiger partial charge in [0, 0.05) is 44.9 Å². The number of aromatic nitrogens is 5. The van der Waals surface area contributed by atoms with Crippen LogP contribution in [0.5, 0.6) is 0 Å². The number of hydrogen-bond donors (Lipinski definition) is 1. The molecule has 0 atom stereocenters. The van der Waals surface area contributed by atoms with Gasteiger partial charge < -0.3 is 19.4 Å². The van der Waals surface area contributed by atoms with Crippen molar-refractivity contribution in [2.75, 3.05) is 6.54 Å². The summed E-state index contributed by atoms with van der Waals surface area (Å²) in [5.41, 5.74) is 1.69. The Balaban J connectivity index is 1.41. The summed E-state index contributed by atoms with van der Waals surface area (Å²) in [4.78, 5) is 39.0. The van der Waals surface area contributed by atoms with Crippen molar-refractivity contribution < 1.29 is 9.59 Å². The van der Waals surface area contributed by atoms with Crippen LogP contribution in [0.4, 0.5) is 0 Å². The monoisotopic (exact) mass is 365 g/mol. The van der Waals surface area contributed by atoms with Gasteiger partial charge in [0.05, 0.1) is 25.0 Å². The Labute approximate surface area is 155 Å². The lowest BCUT2D eigenvalue weighted by atomic mass is 10.3. The molecule has 0 spiro atoms. The van der Waals surface area contributed by atoms with E-state index in [2.05, 4.69) is 20.3 Å². The molecule has 0 unspecified atom stereocenters. The van der Waals surface area contributed by atoms with Crippen LogP contribution in [-0.4, -0.2) is 47.3 Å². The molecule has 0 aromatic carbocycles. The number of rotatable bonds is 4. The van der Waals surface area contributed by atoms with E-state index in [0.717, 1.165) is 11.5 Å². The zero-order chi connectivity index (χ0) is 18.8. The van der Waals surface area contributed by atoms with Gasteiger partial charge in [0.15, 0.2) is 0 Å². The van der Waals surface area contributed by atoms with E-state index in [1.54, 1.807) is 15.5 Å². The molecule has 9 nitrogen and oxygen atoms in total. The average Bonchev–Trinajstić information content (AvgIpc) is 3.31. The molecule has 4 rings (SSSR count). The molecule has 9 heteroatoms. The average molecular weight is 365 g/mol. The minimum Gasteiger partial charge on any atom is -0.347 e. The molecule has 0 saturated heterocycles. The Hall–Kier alpha value is -3.49. The number of carbonyl (C=O) groups excluding carboxylic acids is 2. The molecule has 1 aliphatic heterocycles. The summed E-state index contributed by atoms with van der Waals surface area (Å²) in [5, 5.41) is 2.88. The summed E-state index contributed by atoms with van der Waals surface area (Å²) in [6.07, 6.45) is 8.26. The minimum atomic E-state index is -0.157. The second kappa shape index (κ2) is 7.02. The number of fused-ring (bicyclic) bond motifs is 1. The number of amides is 2. The first-order valence-electron chi connectivity index (χ1n) is 8.61. The van der Waals surface area contributed by atoms with Gasteiger partial charge in [-0.2, -0.15) is 0 Å². The highest BCUT2D eigenvalue weighted by molar-refractivity contribution is 5.92. The third kappa shape index (κ3) is 3.43. The van der Waals surface area contributed by atoms with Gasteiger partial charge in [0.25, 0.3) is 11.8 Å². The third-order valence-corrected chi connectivity index (χ3v) is 4.53. The van der Waals surface area contributed by atoms with E-state index in [4.69, 9.17) is 0 Å². The van der Waals surface area contributed by atoms with E-state index in [-0.39, 0.29) is 11.8 Å². The van der Waals surface area contributed by atoms with E-state index in [0.29, 0.717) is 37.6 Å². The highest BCUT2D eigenvalue weighted by Gasteiger charge is 2.24. The summed E-state index contributed by atoms with van der Waals surface area (Å²) in [6.45, 7) is 1.97. The maximum absolute atomic E-state index is 12.5. The summed E-state index contributed by atoms with van der Waals surface area (Å²) in [6, 6.07) is 3.59. The quantitative estimate of drug-likeness (QED) is 0.730. The Morgan fingerprint density at radius 3 is 2.89 bits per heavy atom. The maximum Gasteiger partial charge on any atom is 0.274 e. The molecular formula is C18H19N7O2. The van der Waals surface area contributed by atoms with Crippen LogP contribution in [-0.2, 0) is 26.7 Å². The van der Waals surface area contributed by atoms with Gasteiger partial charge in [0.1, 0.15) is 17.2 Å². The molecule has 0 fully saturated rings. The Morgan fingerprint density at radius 1 is 1.26 bits per heavy atom. The lowest BCUT2D eigenvalue weighted by Crippen LogP contribution is -2.38. The predicted molar refractivity (Wildman–Crippen MR) is 95.6 cm³/mol. The van der Waals surface area contributed by atoms with Crippen LogP contribution in [0.1, 0.15) is 32.5 Å². The van der Waals surface area contributed by atoms with E-state index in [1.165, 1.54) is 18.6 Å². The van der Waals surface area contributed by atoms with E-state index >= 15 is 0 Å². The van der Waals surface area contributed by atoms with Crippen LogP contribution < -0.4 is 5.32 Å². The molecule has 27 heavy (non-hydrogen) atoms. The zero-order valence-electron chi connectivity index (χ0n) is 14.9. The number of nitrogens with one attached hydrogen (secondary N) is 1. The zero-order valence-corrected chi connectivity index (χ0v) is 14.9. The first kappa shape index (κ1) is 17.0. The maximum atomic E-state index is 12.5. The SMILES string of the molecule is Cn1cccc1C(=O)NCc1cn2c(n1)CN(C(=O)c1cnccn1)CC2. The number of imidazole rings is 1. The molecule has 1 N–H and O–H groups in total. The predicted octanol–water partition coefficient (Wildman–Crippen LogP) is 0.598. The van der Waals surface area contributed by atoms with Crippen molar-refractivity contribution in [3.05, 3.63) is 66.0 Å². The van der Waals surface area contributed by atoms with E-state index in [1.807, 2.05) is 30.1 Å². The summed E-state index contributed by atoms with van der Waals surface area (Å²) < 4.78 is 3.79. The summed E-state index contributed by atoms with van der Waals surface area (Å²) in [5.74, 6) is 0.491. The van der Waals surface area contributed by atoms with Crippen molar-refractivity contribution in [3.8, 4) is 0 Å². The largest absolute Gasteiger partial charge is 0.347 e. The molecular weight excluding hydrogens is 346 g/mol. The van der Waals surface area contributed by atoms with Gasteiger partial charge in [-0.25, -0.2) is 9.97 Å². The van der Waals surface area contributed by atoms with Crippen LogP contribution in [0.3, 0.4) is 0 Å². The summed E-state index contributed by atoms with van der Waals surface area (Å²) in [7, 11) is 1.83. The van der Waals surface area contributed by atoms with Gasteiger partial charge in [-0.15, -0.1) is 0 Å². The molecule has 3 aromatic heterocycles. The van der Waals surface area contributed by atoms with Gasteiger partial charge >= 0.3 is 0 Å². The van der Waals surface area contributed by atoms with Crippen LogP contribution in [0.15, 0.2) is 43.1 Å². The molecule has 1 aliphatic rings. The standard InChI is InChI=1S/C18H19N7O2/c1-23-6-2-3-15(23)17(26)21-9-13-11-24-7-8-25(12-16(24)22-13)18(27)14-10-19-4-5-20-14/h2-6,10-11H,7-9,12H2,1H3,(H,21,26). The molecule has 0 radical (unpaired) electrons. The van der Waals surface area contributed by atoms with Crippen molar-refractivity contribution in [1.29, 1.82) is 0 Å². The van der Waals surface area contributed by atoms with Crippen LogP contribution >= 0.6 is 0 Å². The fraction of sp³-hybridized carbons (Fsp3) is 0.278. The van der Waals surface area contributed by atoms with Gasteiger partial charge in [0.2, 0.25) is 0 Å². The van der Waals surface area contributed by atoms with Crippen molar-refractivity contribution in [2.45, 2.75) is 19.6 Å². The summed E-state index contributed by atoms with van der Waals surface area (Å²) >= 11 is 0. The Morgan fingerprint density at radius 2 is 2.15 bits per heavy atom. The van der Waals surface area contributed by atoms with Gasteiger partial charge in [-0.3, -0.25) is 14.6 Å². The number of hydrogen-bond acceptors (Lipinski definition) is 5. The van der Waals surface area contributed by atoms with Crippen LogP contribution in [0.25, 0.3) is 0 Å². The smallest absolute Gasteiger partial charge is 0.274 e. The Kier molecular flexibility index (Phi) is 4.41. The topological polar surface area (TPSA) is 97.9 Å². The van der Waals surface area contributed by atoms with Gasteiger partial charge in [-0.05, 0) is 12.1 Å². The fourth-order valence-electron chi connectivity index (χ4n) is 3.10. The third-order valence-electron chi connectivity index (χ3n) is 4.53. The number of nitrogens with zero attached hydrogens (tertiary/aromatic N) is 6. The second-order valence-corrected chi connectivity index (χ2v) is 6.35. The van der Waals surface area contributed by atoms with Crippen LogP contribution in [0.2, 0.25) is 0 Å². The minimum absolute atomic E-state index is 0.145. The second-order valence-electron chi connectivity index (χ2n) is 6.35. The Bertz CT molecular complexity index is 977. The molecule has 3 aromatic rings. The first-order chi connectivity index (χ1) is 13.1. The van der Waals surface area contributed by atoms with Crippen molar-refractivity contribution in [3.63, 3.8) is 0 Å². The molecule has 138 valence electrons.